The van der Waals surface area contributed by atoms with E-state index in [0.717, 1.165) is 30.5 Å². The Morgan fingerprint density at radius 1 is 1.45 bits per heavy atom. The first-order valence-corrected chi connectivity index (χ1v) is 7.36. The van der Waals surface area contributed by atoms with Crippen molar-refractivity contribution in [1.82, 2.24) is 4.98 Å². The van der Waals surface area contributed by atoms with E-state index in [1.165, 1.54) is 25.7 Å². The van der Waals surface area contributed by atoms with E-state index in [9.17, 15) is 0 Å². The van der Waals surface area contributed by atoms with Crippen LogP contribution in [0.4, 0.5) is 5.82 Å². The van der Waals surface area contributed by atoms with Crippen molar-refractivity contribution in [3.8, 4) is 0 Å². The van der Waals surface area contributed by atoms with Gasteiger partial charge in [0.2, 0.25) is 0 Å². The zero-order chi connectivity index (χ0) is 14.5. The maximum absolute atomic E-state index is 8.93. The second-order valence-electron chi connectivity index (χ2n) is 5.50. The Morgan fingerprint density at radius 3 is 2.95 bits per heavy atom. The number of pyridine rings is 1. The van der Waals surface area contributed by atoms with Gasteiger partial charge in [0, 0.05) is 18.8 Å². The Morgan fingerprint density at radius 2 is 2.25 bits per heavy atom. The minimum Gasteiger partial charge on any atom is -0.409 e. The van der Waals surface area contributed by atoms with Gasteiger partial charge in [-0.15, -0.1) is 0 Å². The van der Waals surface area contributed by atoms with Gasteiger partial charge in [-0.1, -0.05) is 18.5 Å². The fourth-order valence-corrected chi connectivity index (χ4v) is 2.82. The number of hydrogen-bond acceptors (Lipinski definition) is 4. The quantitative estimate of drug-likeness (QED) is 0.385. The molecule has 110 valence electrons. The molecular weight excluding hydrogens is 252 g/mol. The average Bonchev–Trinajstić information content (AvgIpc) is 2.71. The lowest BCUT2D eigenvalue weighted by atomic mass is 9.98. The van der Waals surface area contributed by atoms with Gasteiger partial charge in [0.25, 0.3) is 0 Å². The summed E-state index contributed by atoms with van der Waals surface area (Å²) in [5.74, 6) is 1.78. The fraction of sp³-hybridized carbons (Fsp3) is 0.600. The highest BCUT2D eigenvalue weighted by atomic mass is 16.4. The van der Waals surface area contributed by atoms with Crippen LogP contribution in [-0.2, 0) is 0 Å². The van der Waals surface area contributed by atoms with Gasteiger partial charge in [-0.2, -0.15) is 0 Å². The third-order valence-corrected chi connectivity index (χ3v) is 4.12. The Kier molecular flexibility index (Phi) is 4.82. The van der Waals surface area contributed by atoms with Gasteiger partial charge in [-0.3, -0.25) is 0 Å². The molecule has 1 fully saturated rings. The van der Waals surface area contributed by atoms with Crippen molar-refractivity contribution in [3.63, 3.8) is 0 Å². The first-order valence-electron chi connectivity index (χ1n) is 7.36. The van der Waals surface area contributed by atoms with E-state index >= 15 is 0 Å². The minimum absolute atomic E-state index is 0.129. The summed E-state index contributed by atoms with van der Waals surface area (Å²) in [4.78, 5) is 6.89. The van der Waals surface area contributed by atoms with Gasteiger partial charge in [0.1, 0.15) is 5.82 Å². The fourth-order valence-electron chi connectivity index (χ4n) is 2.82. The topological polar surface area (TPSA) is 74.7 Å². The van der Waals surface area contributed by atoms with Gasteiger partial charge in [-0.25, -0.2) is 4.98 Å². The van der Waals surface area contributed by atoms with Gasteiger partial charge >= 0.3 is 0 Å². The molecule has 1 atom stereocenters. The summed E-state index contributed by atoms with van der Waals surface area (Å²) in [6.07, 6.45) is 4.87. The van der Waals surface area contributed by atoms with E-state index < -0.39 is 0 Å². The van der Waals surface area contributed by atoms with E-state index in [1.54, 1.807) is 0 Å². The number of rotatable bonds is 3. The molecule has 1 aliphatic rings. The number of nitrogens with two attached hydrogens (primary N) is 1. The summed E-state index contributed by atoms with van der Waals surface area (Å²) >= 11 is 0. The van der Waals surface area contributed by atoms with Crippen LogP contribution in [0.2, 0.25) is 0 Å². The second-order valence-corrected chi connectivity index (χ2v) is 5.50. The average molecular weight is 276 g/mol. The lowest BCUT2D eigenvalue weighted by molar-refractivity contribution is 0.318. The van der Waals surface area contributed by atoms with E-state index in [1.807, 2.05) is 19.1 Å². The van der Waals surface area contributed by atoms with Crippen molar-refractivity contribution >= 4 is 11.7 Å². The molecule has 0 saturated carbocycles. The molecule has 0 amide bonds. The summed E-state index contributed by atoms with van der Waals surface area (Å²) in [6.45, 7) is 6.19. The highest BCUT2D eigenvalue weighted by molar-refractivity contribution is 6.01. The van der Waals surface area contributed by atoms with E-state index in [0.29, 0.717) is 5.56 Å². The Labute approximate surface area is 120 Å². The summed E-state index contributed by atoms with van der Waals surface area (Å²) in [5, 5.41) is 12.1. The highest BCUT2D eigenvalue weighted by Crippen LogP contribution is 2.25. The number of aromatic nitrogens is 1. The maximum Gasteiger partial charge on any atom is 0.173 e. The molecule has 0 aromatic carbocycles. The lowest BCUT2D eigenvalue weighted by Crippen LogP contribution is -2.29. The molecule has 1 saturated heterocycles. The first-order chi connectivity index (χ1) is 9.65. The minimum atomic E-state index is 0.129. The van der Waals surface area contributed by atoms with Gasteiger partial charge < -0.3 is 15.8 Å². The number of hydrogen-bond donors (Lipinski definition) is 2. The normalized spacial score (nSPS) is 20.8. The van der Waals surface area contributed by atoms with Crippen LogP contribution >= 0.6 is 0 Å². The van der Waals surface area contributed by atoms with Crippen LogP contribution < -0.4 is 10.6 Å². The maximum atomic E-state index is 8.93. The van der Waals surface area contributed by atoms with Crippen LogP contribution in [0.25, 0.3) is 0 Å². The van der Waals surface area contributed by atoms with Crippen LogP contribution in [0, 0.1) is 12.8 Å². The molecule has 1 aromatic heterocycles. The largest absolute Gasteiger partial charge is 0.409 e. The van der Waals surface area contributed by atoms with Crippen LogP contribution in [0.5, 0.6) is 0 Å². The van der Waals surface area contributed by atoms with E-state index in [4.69, 9.17) is 10.9 Å². The number of oxime groups is 1. The number of amidine groups is 1. The predicted octanol–water partition coefficient (Wildman–Crippen LogP) is 2.50. The van der Waals surface area contributed by atoms with Crippen LogP contribution in [0.3, 0.4) is 0 Å². The van der Waals surface area contributed by atoms with Crippen LogP contribution in [-0.4, -0.2) is 29.1 Å². The summed E-state index contributed by atoms with van der Waals surface area (Å²) in [6, 6.07) is 3.78. The Bertz CT molecular complexity index is 487. The first kappa shape index (κ1) is 14.6. The molecule has 3 N–H and O–H groups in total. The van der Waals surface area contributed by atoms with Gasteiger partial charge in [-0.05, 0) is 44.2 Å². The number of aryl methyl sites for hydroxylation is 1. The van der Waals surface area contributed by atoms with Gasteiger partial charge in [0.15, 0.2) is 5.84 Å². The third-order valence-electron chi connectivity index (χ3n) is 4.12. The number of anilines is 1. The summed E-state index contributed by atoms with van der Waals surface area (Å²) in [7, 11) is 0. The monoisotopic (exact) mass is 276 g/mol. The molecule has 1 aliphatic heterocycles. The van der Waals surface area contributed by atoms with Crippen LogP contribution in [0.1, 0.15) is 43.9 Å². The second kappa shape index (κ2) is 6.59. The standard InChI is InChI=1S/C15H24N4O/c1-3-12-5-4-9-19(10-8-12)15-13(14(16)18-20)7-6-11(2)17-15/h6-7,12,20H,3-5,8-10H2,1-2H3,(H2,16,18). The third kappa shape index (κ3) is 3.21. The molecule has 0 bridgehead atoms. The lowest BCUT2D eigenvalue weighted by Gasteiger charge is -2.24. The molecule has 0 aliphatic carbocycles. The van der Waals surface area contributed by atoms with Crippen molar-refractivity contribution in [1.29, 1.82) is 0 Å². The number of nitrogens with zero attached hydrogens (tertiary/aromatic N) is 3. The molecular formula is C15H24N4O. The molecule has 2 heterocycles. The molecule has 20 heavy (non-hydrogen) atoms. The molecule has 1 aromatic rings. The van der Waals surface area contributed by atoms with E-state index in [-0.39, 0.29) is 5.84 Å². The Balaban J connectivity index is 2.29. The van der Waals surface area contributed by atoms with Crippen LogP contribution in [0.15, 0.2) is 17.3 Å². The Hall–Kier alpha value is -1.78. The smallest absolute Gasteiger partial charge is 0.173 e. The molecule has 0 spiro atoms. The zero-order valence-corrected chi connectivity index (χ0v) is 12.3. The van der Waals surface area contributed by atoms with Gasteiger partial charge in [0.05, 0.1) is 5.56 Å². The molecule has 5 nitrogen and oxygen atoms in total. The SMILES string of the molecule is CCC1CCCN(c2nc(C)ccc2C(N)=NO)CC1. The van der Waals surface area contributed by atoms with Crippen molar-refractivity contribution in [2.24, 2.45) is 16.8 Å². The van der Waals surface area contributed by atoms with Crippen molar-refractivity contribution in [2.75, 3.05) is 18.0 Å². The molecule has 1 unspecified atom stereocenters. The van der Waals surface area contributed by atoms with Crippen molar-refractivity contribution in [2.45, 2.75) is 39.5 Å². The summed E-state index contributed by atoms with van der Waals surface area (Å²) < 4.78 is 0. The molecule has 2 rings (SSSR count). The zero-order valence-electron chi connectivity index (χ0n) is 12.3. The van der Waals surface area contributed by atoms with Crippen molar-refractivity contribution in [3.05, 3.63) is 23.4 Å². The summed E-state index contributed by atoms with van der Waals surface area (Å²) in [5.41, 5.74) is 7.44. The van der Waals surface area contributed by atoms with E-state index in [2.05, 4.69) is 22.0 Å². The highest BCUT2D eigenvalue weighted by Gasteiger charge is 2.20. The predicted molar refractivity (Wildman–Crippen MR) is 81.3 cm³/mol. The molecule has 0 radical (unpaired) electrons. The molecule has 5 heteroatoms. The van der Waals surface area contributed by atoms with Crippen molar-refractivity contribution < 1.29 is 5.21 Å².